The van der Waals surface area contributed by atoms with E-state index in [0.717, 1.165) is 38.8 Å². The summed E-state index contributed by atoms with van der Waals surface area (Å²) >= 11 is 0. The minimum Gasteiger partial charge on any atom is -0.453 e. The quantitative estimate of drug-likeness (QED) is 0.755. The second kappa shape index (κ2) is 7.22. The molecule has 1 spiro atoms. The summed E-state index contributed by atoms with van der Waals surface area (Å²) in [6.07, 6.45) is 4.51. The molecule has 3 aliphatic rings. The highest BCUT2D eigenvalue weighted by molar-refractivity contribution is 5.86. The summed E-state index contributed by atoms with van der Waals surface area (Å²) in [4.78, 5) is 42.4. The summed E-state index contributed by atoms with van der Waals surface area (Å²) in [5.74, 6) is 0.281. The number of methoxy groups -OCH3 is 1. The number of nitrogens with zero attached hydrogens (tertiary/aromatic N) is 3. The summed E-state index contributed by atoms with van der Waals surface area (Å²) in [6.45, 7) is 5.53. The number of piperidine rings is 2. The molecule has 140 valence electrons. The van der Waals surface area contributed by atoms with Crippen LogP contribution in [0.3, 0.4) is 0 Å². The van der Waals surface area contributed by atoms with Crippen molar-refractivity contribution in [2.75, 3.05) is 39.8 Å². The lowest BCUT2D eigenvalue weighted by Gasteiger charge is -2.42. The highest BCUT2D eigenvalue weighted by Crippen LogP contribution is 2.41. The minimum atomic E-state index is -0.411. The third kappa shape index (κ3) is 3.46. The normalized spacial score (nSPS) is 26.2. The maximum Gasteiger partial charge on any atom is 0.410 e. The zero-order valence-electron chi connectivity index (χ0n) is 15.3. The van der Waals surface area contributed by atoms with E-state index in [2.05, 4.69) is 0 Å². The van der Waals surface area contributed by atoms with Crippen LogP contribution in [-0.2, 0) is 14.3 Å². The topological polar surface area (TPSA) is 70.2 Å². The average molecular weight is 351 g/mol. The summed E-state index contributed by atoms with van der Waals surface area (Å²) in [6, 6.07) is -0.396. The molecule has 3 fully saturated rings. The van der Waals surface area contributed by atoms with Gasteiger partial charge >= 0.3 is 6.09 Å². The SMILES string of the molecule is CCN1CC2(CCN(C(=O)[C@@H]3CCCCN3C(=O)OC)CC2)CC1=O. The zero-order chi connectivity index (χ0) is 18.0. The Labute approximate surface area is 149 Å². The van der Waals surface area contributed by atoms with Crippen molar-refractivity contribution in [3.05, 3.63) is 0 Å². The van der Waals surface area contributed by atoms with Crippen molar-refractivity contribution in [2.24, 2.45) is 5.41 Å². The van der Waals surface area contributed by atoms with Gasteiger partial charge in [0.25, 0.3) is 0 Å². The highest BCUT2D eigenvalue weighted by Gasteiger charge is 2.46. The standard InChI is InChI=1S/C18H29N3O4/c1-3-19-13-18(12-15(19)22)7-10-20(11-8-18)16(23)14-6-4-5-9-21(14)17(24)25-2/h14H,3-13H2,1-2H3/t14-/m0/s1. The summed E-state index contributed by atoms with van der Waals surface area (Å²) in [5, 5.41) is 0. The Bertz CT molecular complexity index is 542. The molecule has 0 bridgehead atoms. The fourth-order valence-corrected chi connectivity index (χ4v) is 4.54. The van der Waals surface area contributed by atoms with Gasteiger partial charge in [-0.15, -0.1) is 0 Å². The van der Waals surface area contributed by atoms with Gasteiger partial charge in [-0.05, 0) is 39.0 Å². The number of rotatable bonds is 2. The third-order valence-corrected chi connectivity index (χ3v) is 6.12. The molecule has 3 rings (SSSR count). The number of carbonyl (C=O) groups is 3. The van der Waals surface area contributed by atoms with Gasteiger partial charge in [-0.3, -0.25) is 14.5 Å². The van der Waals surface area contributed by atoms with E-state index in [1.807, 2.05) is 16.7 Å². The van der Waals surface area contributed by atoms with Crippen LogP contribution in [0.1, 0.15) is 45.4 Å². The van der Waals surface area contributed by atoms with Crippen LogP contribution in [0.25, 0.3) is 0 Å². The van der Waals surface area contributed by atoms with Crippen molar-refractivity contribution in [2.45, 2.75) is 51.5 Å². The first-order chi connectivity index (χ1) is 12.0. The number of hydrogen-bond donors (Lipinski definition) is 0. The molecule has 0 unspecified atom stereocenters. The van der Waals surface area contributed by atoms with Crippen molar-refractivity contribution >= 4 is 17.9 Å². The molecular formula is C18H29N3O4. The zero-order valence-corrected chi connectivity index (χ0v) is 15.3. The largest absolute Gasteiger partial charge is 0.453 e. The van der Waals surface area contributed by atoms with Crippen LogP contribution in [0.5, 0.6) is 0 Å². The molecular weight excluding hydrogens is 322 g/mol. The average Bonchev–Trinajstić information content (AvgIpc) is 2.96. The minimum absolute atomic E-state index is 0.0385. The number of carbonyl (C=O) groups excluding carboxylic acids is 3. The van der Waals surface area contributed by atoms with E-state index in [1.54, 1.807) is 4.90 Å². The van der Waals surface area contributed by atoms with Crippen LogP contribution in [0, 0.1) is 5.41 Å². The lowest BCUT2D eigenvalue weighted by atomic mass is 9.77. The molecule has 7 heteroatoms. The van der Waals surface area contributed by atoms with Gasteiger partial charge in [0.15, 0.2) is 0 Å². The van der Waals surface area contributed by atoms with Crippen molar-refractivity contribution in [3.8, 4) is 0 Å². The fraction of sp³-hybridized carbons (Fsp3) is 0.833. The van der Waals surface area contributed by atoms with Crippen molar-refractivity contribution in [3.63, 3.8) is 0 Å². The predicted octanol–water partition coefficient (Wildman–Crippen LogP) is 1.47. The predicted molar refractivity (Wildman–Crippen MR) is 91.9 cm³/mol. The van der Waals surface area contributed by atoms with Gasteiger partial charge in [-0.2, -0.15) is 0 Å². The van der Waals surface area contributed by atoms with E-state index in [-0.39, 0.29) is 17.2 Å². The van der Waals surface area contributed by atoms with E-state index in [0.29, 0.717) is 32.5 Å². The molecule has 3 amide bonds. The van der Waals surface area contributed by atoms with Gasteiger partial charge in [-0.1, -0.05) is 0 Å². The molecule has 0 saturated carbocycles. The molecule has 0 aromatic rings. The summed E-state index contributed by atoms with van der Waals surface area (Å²) in [7, 11) is 1.36. The van der Waals surface area contributed by atoms with Crippen LogP contribution in [0.4, 0.5) is 4.79 Å². The molecule has 3 saturated heterocycles. The molecule has 0 aromatic heterocycles. The molecule has 0 radical (unpaired) electrons. The van der Waals surface area contributed by atoms with Crippen LogP contribution in [0.15, 0.2) is 0 Å². The lowest BCUT2D eigenvalue weighted by molar-refractivity contribution is -0.139. The Morgan fingerprint density at radius 2 is 1.92 bits per heavy atom. The van der Waals surface area contributed by atoms with Crippen LogP contribution >= 0.6 is 0 Å². The van der Waals surface area contributed by atoms with E-state index >= 15 is 0 Å². The Kier molecular flexibility index (Phi) is 5.20. The van der Waals surface area contributed by atoms with E-state index in [9.17, 15) is 14.4 Å². The van der Waals surface area contributed by atoms with Gasteiger partial charge in [0.2, 0.25) is 11.8 Å². The van der Waals surface area contributed by atoms with Gasteiger partial charge in [0.05, 0.1) is 7.11 Å². The van der Waals surface area contributed by atoms with Gasteiger partial charge < -0.3 is 14.5 Å². The van der Waals surface area contributed by atoms with E-state index in [4.69, 9.17) is 4.74 Å². The molecule has 0 aromatic carbocycles. The van der Waals surface area contributed by atoms with Crippen LogP contribution < -0.4 is 0 Å². The molecule has 1 atom stereocenters. The Morgan fingerprint density at radius 1 is 1.20 bits per heavy atom. The smallest absolute Gasteiger partial charge is 0.410 e. The first-order valence-corrected chi connectivity index (χ1v) is 9.41. The number of amides is 3. The molecule has 3 heterocycles. The Hall–Kier alpha value is -1.79. The second-order valence-electron chi connectivity index (χ2n) is 7.58. The molecule has 25 heavy (non-hydrogen) atoms. The van der Waals surface area contributed by atoms with Gasteiger partial charge in [0, 0.05) is 44.6 Å². The molecule has 0 aliphatic carbocycles. The lowest BCUT2D eigenvalue weighted by Crippen LogP contribution is -2.55. The molecule has 0 N–H and O–H groups in total. The van der Waals surface area contributed by atoms with Crippen molar-refractivity contribution < 1.29 is 19.1 Å². The first-order valence-electron chi connectivity index (χ1n) is 9.41. The summed E-state index contributed by atoms with van der Waals surface area (Å²) in [5.41, 5.74) is 0.0402. The number of ether oxygens (including phenoxy) is 1. The Morgan fingerprint density at radius 3 is 2.52 bits per heavy atom. The van der Waals surface area contributed by atoms with Gasteiger partial charge in [0.1, 0.15) is 6.04 Å². The van der Waals surface area contributed by atoms with Crippen molar-refractivity contribution in [1.82, 2.24) is 14.7 Å². The summed E-state index contributed by atoms with van der Waals surface area (Å²) < 4.78 is 4.84. The number of likely N-dealkylation sites (tertiary alicyclic amines) is 3. The maximum absolute atomic E-state index is 13.0. The van der Waals surface area contributed by atoms with E-state index in [1.165, 1.54) is 7.11 Å². The third-order valence-electron chi connectivity index (χ3n) is 6.12. The maximum atomic E-state index is 13.0. The first kappa shape index (κ1) is 18.0. The molecule has 7 nitrogen and oxygen atoms in total. The fourth-order valence-electron chi connectivity index (χ4n) is 4.54. The van der Waals surface area contributed by atoms with E-state index < -0.39 is 12.1 Å². The molecule has 3 aliphatic heterocycles. The van der Waals surface area contributed by atoms with Gasteiger partial charge in [-0.25, -0.2) is 4.79 Å². The van der Waals surface area contributed by atoms with Crippen LogP contribution in [0.2, 0.25) is 0 Å². The van der Waals surface area contributed by atoms with Crippen molar-refractivity contribution in [1.29, 1.82) is 0 Å². The van der Waals surface area contributed by atoms with Crippen LogP contribution in [-0.4, -0.2) is 78.5 Å². The highest BCUT2D eigenvalue weighted by atomic mass is 16.5. The Balaban J connectivity index is 1.61. The second-order valence-corrected chi connectivity index (χ2v) is 7.58. The number of hydrogen-bond acceptors (Lipinski definition) is 4. The monoisotopic (exact) mass is 351 g/mol.